The number of hydrogen-bond donors (Lipinski definition) is 1. The summed E-state index contributed by atoms with van der Waals surface area (Å²) in [6, 6.07) is 8.25. The summed E-state index contributed by atoms with van der Waals surface area (Å²) >= 11 is 0. The number of aryl methyl sites for hydroxylation is 1. The predicted molar refractivity (Wildman–Crippen MR) is 98.8 cm³/mol. The van der Waals surface area contributed by atoms with E-state index in [1.165, 1.54) is 37.7 Å². The maximum Gasteiger partial charge on any atom is 0.240 e. The maximum absolute atomic E-state index is 11.9. The van der Waals surface area contributed by atoms with Crippen LogP contribution in [0.3, 0.4) is 0 Å². The molecule has 0 spiro atoms. The van der Waals surface area contributed by atoms with Crippen molar-refractivity contribution in [2.24, 2.45) is 5.10 Å². The first kappa shape index (κ1) is 19.4. The Balaban J connectivity index is 2.28. The number of hydrazone groups is 1. The third kappa shape index (κ3) is 8.53. The summed E-state index contributed by atoms with van der Waals surface area (Å²) < 4.78 is 0. The molecular formula is C20H32N2O. The SMILES string of the molecule is CCCCCCCCCC(=O)NN=C(CC)c1ccc(C)cc1. The molecule has 1 aromatic rings. The highest BCUT2D eigenvalue weighted by molar-refractivity contribution is 6.00. The maximum atomic E-state index is 11.9. The van der Waals surface area contributed by atoms with Gasteiger partial charge in [0.2, 0.25) is 5.91 Å². The van der Waals surface area contributed by atoms with Crippen LogP contribution in [0, 0.1) is 6.92 Å². The van der Waals surface area contributed by atoms with E-state index in [0.29, 0.717) is 6.42 Å². The molecule has 0 bridgehead atoms. The molecule has 0 atom stereocenters. The zero-order valence-corrected chi connectivity index (χ0v) is 15.0. The van der Waals surface area contributed by atoms with Gasteiger partial charge in [0.15, 0.2) is 0 Å². The Kier molecular flexibility index (Phi) is 10.0. The zero-order chi connectivity index (χ0) is 16.9. The fourth-order valence-corrected chi connectivity index (χ4v) is 2.52. The molecular weight excluding hydrogens is 284 g/mol. The fourth-order valence-electron chi connectivity index (χ4n) is 2.52. The molecule has 1 rings (SSSR count). The van der Waals surface area contributed by atoms with Crippen molar-refractivity contribution in [2.75, 3.05) is 0 Å². The summed E-state index contributed by atoms with van der Waals surface area (Å²) in [5, 5.41) is 4.30. The van der Waals surface area contributed by atoms with E-state index < -0.39 is 0 Å². The Morgan fingerprint density at radius 3 is 2.17 bits per heavy atom. The molecule has 128 valence electrons. The van der Waals surface area contributed by atoms with E-state index in [9.17, 15) is 4.79 Å². The van der Waals surface area contributed by atoms with Crippen molar-refractivity contribution >= 4 is 11.6 Å². The van der Waals surface area contributed by atoms with Crippen LogP contribution in [0.1, 0.15) is 82.8 Å². The van der Waals surface area contributed by atoms with Crippen molar-refractivity contribution in [3.63, 3.8) is 0 Å². The molecule has 0 aromatic heterocycles. The minimum Gasteiger partial charge on any atom is -0.273 e. The van der Waals surface area contributed by atoms with E-state index in [0.717, 1.165) is 30.5 Å². The number of carbonyl (C=O) groups is 1. The van der Waals surface area contributed by atoms with E-state index in [4.69, 9.17) is 0 Å². The number of hydrogen-bond acceptors (Lipinski definition) is 2. The van der Waals surface area contributed by atoms with Gasteiger partial charge < -0.3 is 0 Å². The quantitative estimate of drug-likeness (QED) is 0.333. The zero-order valence-electron chi connectivity index (χ0n) is 15.0. The van der Waals surface area contributed by atoms with Crippen molar-refractivity contribution in [1.29, 1.82) is 0 Å². The third-order valence-electron chi connectivity index (χ3n) is 4.04. The second kappa shape index (κ2) is 11.9. The van der Waals surface area contributed by atoms with Crippen LogP contribution in [-0.2, 0) is 4.79 Å². The highest BCUT2D eigenvalue weighted by atomic mass is 16.2. The average molecular weight is 316 g/mol. The molecule has 23 heavy (non-hydrogen) atoms. The molecule has 3 heteroatoms. The van der Waals surface area contributed by atoms with Crippen LogP contribution in [0.15, 0.2) is 29.4 Å². The van der Waals surface area contributed by atoms with Gasteiger partial charge in [-0.05, 0) is 25.3 Å². The normalized spacial score (nSPS) is 11.5. The lowest BCUT2D eigenvalue weighted by Gasteiger charge is -2.06. The van der Waals surface area contributed by atoms with Crippen LogP contribution in [0.4, 0.5) is 0 Å². The molecule has 0 saturated heterocycles. The highest BCUT2D eigenvalue weighted by Crippen LogP contribution is 2.09. The second-order valence-corrected chi connectivity index (χ2v) is 6.18. The largest absolute Gasteiger partial charge is 0.273 e. The monoisotopic (exact) mass is 316 g/mol. The summed E-state index contributed by atoms with van der Waals surface area (Å²) in [4.78, 5) is 11.9. The number of unbranched alkanes of at least 4 members (excludes halogenated alkanes) is 6. The van der Waals surface area contributed by atoms with E-state index in [1.54, 1.807) is 0 Å². The number of carbonyl (C=O) groups excluding carboxylic acids is 1. The molecule has 0 heterocycles. The number of nitrogens with zero attached hydrogens (tertiary/aromatic N) is 1. The van der Waals surface area contributed by atoms with E-state index in [-0.39, 0.29) is 5.91 Å². The Morgan fingerprint density at radius 1 is 0.957 bits per heavy atom. The summed E-state index contributed by atoms with van der Waals surface area (Å²) in [5.74, 6) is 0.0246. The van der Waals surface area contributed by atoms with Crippen LogP contribution >= 0.6 is 0 Å². The Labute approximate surface area is 141 Å². The average Bonchev–Trinajstić information content (AvgIpc) is 2.56. The van der Waals surface area contributed by atoms with Gasteiger partial charge in [-0.25, -0.2) is 5.43 Å². The predicted octanol–water partition coefficient (Wildman–Crippen LogP) is 5.37. The van der Waals surface area contributed by atoms with Crippen LogP contribution < -0.4 is 5.43 Å². The number of rotatable bonds is 11. The topological polar surface area (TPSA) is 41.5 Å². The standard InChI is InChI=1S/C20H32N2O/c1-4-6-7-8-9-10-11-12-20(23)22-21-19(5-2)18-15-13-17(3)14-16-18/h13-16H,4-12H2,1-3H3,(H,22,23). The Bertz CT molecular complexity index is 477. The first-order valence-electron chi connectivity index (χ1n) is 9.09. The lowest BCUT2D eigenvalue weighted by molar-refractivity contribution is -0.121. The molecule has 1 amide bonds. The van der Waals surface area contributed by atoms with Crippen LogP contribution in [0.5, 0.6) is 0 Å². The molecule has 1 aromatic carbocycles. The summed E-state index contributed by atoms with van der Waals surface area (Å²) in [6.45, 7) is 6.35. The Morgan fingerprint density at radius 2 is 1.57 bits per heavy atom. The minimum atomic E-state index is 0.0246. The molecule has 0 aliphatic carbocycles. The van der Waals surface area contributed by atoms with Crippen molar-refractivity contribution in [1.82, 2.24) is 5.43 Å². The smallest absolute Gasteiger partial charge is 0.240 e. The number of nitrogens with one attached hydrogen (secondary N) is 1. The van der Waals surface area contributed by atoms with Gasteiger partial charge in [-0.2, -0.15) is 5.10 Å². The summed E-state index contributed by atoms with van der Waals surface area (Å²) in [6.07, 6.45) is 9.93. The van der Waals surface area contributed by atoms with E-state index in [1.807, 2.05) is 0 Å². The molecule has 0 unspecified atom stereocenters. The van der Waals surface area contributed by atoms with Gasteiger partial charge >= 0.3 is 0 Å². The van der Waals surface area contributed by atoms with Crippen LogP contribution in [0.2, 0.25) is 0 Å². The molecule has 0 saturated carbocycles. The van der Waals surface area contributed by atoms with E-state index >= 15 is 0 Å². The van der Waals surface area contributed by atoms with Gasteiger partial charge in [0.1, 0.15) is 0 Å². The minimum absolute atomic E-state index is 0.0246. The molecule has 0 aliphatic heterocycles. The first-order chi connectivity index (χ1) is 11.2. The number of benzene rings is 1. The van der Waals surface area contributed by atoms with Gasteiger partial charge in [0.05, 0.1) is 5.71 Å². The van der Waals surface area contributed by atoms with Crippen molar-refractivity contribution in [3.8, 4) is 0 Å². The van der Waals surface area contributed by atoms with Crippen LogP contribution in [-0.4, -0.2) is 11.6 Å². The van der Waals surface area contributed by atoms with E-state index in [2.05, 4.69) is 55.6 Å². The lowest BCUT2D eigenvalue weighted by Crippen LogP contribution is -2.19. The molecule has 3 nitrogen and oxygen atoms in total. The molecule has 0 radical (unpaired) electrons. The van der Waals surface area contributed by atoms with Gasteiger partial charge in [0.25, 0.3) is 0 Å². The van der Waals surface area contributed by atoms with Crippen molar-refractivity contribution in [3.05, 3.63) is 35.4 Å². The van der Waals surface area contributed by atoms with Crippen LogP contribution in [0.25, 0.3) is 0 Å². The van der Waals surface area contributed by atoms with Gasteiger partial charge in [-0.1, -0.05) is 82.2 Å². The summed E-state index contributed by atoms with van der Waals surface area (Å²) in [7, 11) is 0. The molecule has 0 fully saturated rings. The molecule has 0 aliphatic rings. The summed E-state index contributed by atoms with van der Waals surface area (Å²) in [5.41, 5.74) is 5.94. The molecule has 1 N–H and O–H groups in total. The third-order valence-corrected chi connectivity index (χ3v) is 4.04. The van der Waals surface area contributed by atoms with Crippen molar-refractivity contribution < 1.29 is 4.79 Å². The fraction of sp³-hybridized carbons (Fsp3) is 0.600. The number of amides is 1. The Hall–Kier alpha value is -1.64. The van der Waals surface area contributed by atoms with Gasteiger partial charge in [-0.3, -0.25) is 4.79 Å². The van der Waals surface area contributed by atoms with Gasteiger partial charge in [0, 0.05) is 6.42 Å². The second-order valence-electron chi connectivity index (χ2n) is 6.18. The highest BCUT2D eigenvalue weighted by Gasteiger charge is 2.03. The first-order valence-corrected chi connectivity index (χ1v) is 9.09. The van der Waals surface area contributed by atoms with Gasteiger partial charge in [-0.15, -0.1) is 0 Å². The lowest BCUT2D eigenvalue weighted by atomic mass is 10.1. The van der Waals surface area contributed by atoms with Crippen molar-refractivity contribution in [2.45, 2.75) is 78.6 Å².